The lowest BCUT2D eigenvalue weighted by Gasteiger charge is -2.38. The molecule has 1 atom stereocenters. The van der Waals surface area contributed by atoms with Gasteiger partial charge in [-0.15, -0.1) is 0 Å². The molecule has 36 heavy (non-hydrogen) atoms. The van der Waals surface area contributed by atoms with Gasteiger partial charge in [0.05, 0.1) is 11.3 Å². The van der Waals surface area contributed by atoms with Crippen LogP contribution in [0, 0.1) is 0 Å². The second kappa shape index (κ2) is 9.78. The van der Waals surface area contributed by atoms with Crippen LogP contribution in [0.5, 0.6) is 23.0 Å². The van der Waals surface area contributed by atoms with Gasteiger partial charge in [-0.1, -0.05) is 112 Å². The fraction of sp³-hybridized carbons (Fsp3) is 0.0625. The normalized spacial score (nSPS) is 16.6. The molecule has 2 nitrogen and oxygen atoms in total. The highest BCUT2D eigenvalue weighted by molar-refractivity contribution is 8.26. The number of rotatable bonds is 4. The molecule has 0 fully saturated rings. The van der Waals surface area contributed by atoms with Crippen LogP contribution >= 0.6 is 6.04 Å². The summed E-state index contributed by atoms with van der Waals surface area (Å²) in [5.74, 6) is 3.15. The van der Waals surface area contributed by atoms with Gasteiger partial charge in [0.15, 0.2) is 0 Å². The van der Waals surface area contributed by atoms with Crippen molar-refractivity contribution >= 4 is 39.3 Å². The minimum Gasteiger partial charge on any atom is -0.456 e. The Morgan fingerprint density at radius 2 is 1.47 bits per heavy atom. The summed E-state index contributed by atoms with van der Waals surface area (Å²) in [6.07, 6.45) is 5.53. The third kappa shape index (κ3) is 3.67. The van der Waals surface area contributed by atoms with Crippen LogP contribution in [0.2, 0.25) is 0 Å². The van der Waals surface area contributed by atoms with E-state index in [1.165, 1.54) is 0 Å². The molecular formula is C32H27O2PS. The van der Waals surface area contributed by atoms with E-state index >= 15 is 0 Å². The van der Waals surface area contributed by atoms with E-state index in [-0.39, 0.29) is 0 Å². The predicted molar refractivity (Wildman–Crippen MR) is 158 cm³/mol. The van der Waals surface area contributed by atoms with Crippen molar-refractivity contribution in [2.75, 3.05) is 0 Å². The van der Waals surface area contributed by atoms with E-state index in [0.717, 1.165) is 61.2 Å². The maximum atomic E-state index is 6.70. The standard InChI is InChI=1S/C30H21O2PS.C2H6/c1-3-10-20(4-2)23-13-8-16-27-29(23)32-26-15-9-14-25-30(26)33(27,34)28-19-22(17-18-24(28)31-25)21-11-6-5-7-12-21;1-2/h3-19H,1-2H2;1-2H3/b20-10+;. The molecule has 0 radical (unpaired) electrons. The second-order valence-electron chi connectivity index (χ2n) is 8.18. The zero-order chi connectivity index (χ0) is 25.3. The Morgan fingerprint density at radius 3 is 2.19 bits per heavy atom. The molecule has 178 valence electrons. The fourth-order valence-corrected chi connectivity index (χ4v) is 9.24. The van der Waals surface area contributed by atoms with Crippen molar-refractivity contribution in [2.45, 2.75) is 13.8 Å². The molecule has 1 unspecified atom stereocenters. The Labute approximate surface area is 218 Å². The highest BCUT2D eigenvalue weighted by Crippen LogP contribution is 2.59. The average molecular weight is 507 g/mol. The molecule has 0 bridgehead atoms. The molecule has 2 aliphatic rings. The van der Waals surface area contributed by atoms with Gasteiger partial charge in [0.2, 0.25) is 0 Å². The Morgan fingerprint density at radius 1 is 0.750 bits per heavy atom. The molecule has 0 N–H and O–H groups in total. The molecule has 2 heterocycles. The summed E-state index contributed by atoms with van der Waals surface area (Å²) in [4.78, 5) is 0. The summed E-state index contributed by atoms with van der Waals surface area (Å²) >= 11 is 6.70. The van der Waals surface area contributed by atoms with Crippen molar-refractivity contribution in [1.82, 2.24) is 0 Å². The van der Waals surface area contributed by atoms with Gasteiger partial charge in [-0.2, -0.15) is 0 Å². The van der Waals surface area contributed by atoms with Crippen molar-refractivity contribution in [3.63, 3.8) is 0 Å². The van der Waals surface area contributed by atoms with E-state index < -0.39 is 6.04 Å². The zero-order valence-corrected chi connectivity index (χ0v) is 22.1. The molecule has 0 saturated heterocycles. The lowest BCUT2D eigenvalue weighted by atomic mass is 10.0. The van der Waals surface area contributed by atoms with Gasteiger partial charge in [0, 0.05) is 16.2 Å². The Bertz CT molecular complexity index is 1570. The van der Waals surface area contributed by atoms with Crippen LogP contribution in [0.3, 0.4) is 0 Å². The summed E-state index contributed by atoms with van der Waals surface area (Å²) in [5.41, 5.74) is 4.17. The van der Waals surface area contributed by atoms with Crippen LogP contribution < -0.4 is 25.4 Å². The summed E-state index contributed by atoms with van der Waals surface area (Å²) < 4.78 is 12.9. The third-order valence-corrected chi connectivity index (χ3v) is 11.1. The fourth-order valence-electron chi connectivity index (χ4n) is 4.74. The first-order valence-corrected chi connectivity index (χ1v) is 14.8. The van der Waals surface area contributed by atoms with E-state index in [1.807, 2.05) is 62.4 Å². The van der Waals surface area contributed by atoms with Crippen LogP contribution in [0.25, 0.3) is 16.7 Å². The first-order valence-electron chi connectivity index (χ1n) is 12.0. The summed E-state index contributed by atoms with van der Waals surface area (Å²) in [6, 6.07) is 26.4. The van der Waals surface area contributed by atoms with Crippen LogP contribution in [0.15, 0.2) is 116 Å². The molecule has 4 aromatic rings. The van der Waals surface area contributed by atoms with Gasteiger partial charge in [-0.3, -0.25) is 0 Å². The Balaban J connectivity index is 0.00000130. The average Bonchev–Trinajstić information content (AvgIpc) is 2.93. The molecule has 0 amide bonds. The van der Waals surface area contributed by atoms with Crippen molar-refractivity contribution in [3.05, 3.63) is 122 Å². The molecule has 4 heteroatoms. The summed E-state index contributed by atoms with van der Waals surface area (Å²) in [7, 11) is 0. The van der Waals surface area contributed by atoms with Crippen molar-refractivity contribution in [2.24, 2.45) is 0 Å². The highest BCUT2D eigenvalue weighted by atomic mass is 32.4. The number of hydrogen-bond acceptors (Lipinski definition) is 3. The maximum Gasteiger partial charge on any atom is 0.144 e. The molecule has 0 aliphatic carbocycles. The van der Waals surface area contributed by atoms with Gasteiger partial charge in [0.1, 0.15) is 23.0 Å². The molecule has 0 saturated carbocycles. The van der Waals surface area contributed by atoms with E-state index in [2.05, 4.69) is 61.7 Å². The lowest BCUT2D eigenvalue weighted by molar-refractivity contribution is 0.466. The van der Waals surface area contributed by atoms with Gasteiger partial charge >= 0.3 is 0 Å². The predicted octanol–water partition coefficient (Wildman–Crippen LogP) is 8.10. The first-order chi connectivity index (χ1) is 17.6. The topological polar surface area (TPSA) is 18.5 Å². The molecule has 0 spiro atoms. The SMILES string of the molecule is C=C/C=C(\C=C)c1cccc2c1Oc1cccc3c1P2(=S)c1cc(-c2ccccc2)ccc1O3.CC. The van der Waals surface area contributed by atoms with E-state index in [1.54, 1.807) is 6.08 Å². The van der Waals surface area contributed by atoms with Gasteiger partial charge in [0.25, 0.3) is 0 Å². The first kappa shape index (κ1) is 24.1. The van der Waals surface area contributed by atoms with Crippen LogP contribution in [-0.2, 0) is 11.8 Å². The minimum atomic E-state index is -2.46. The summed E-state index contributed by atoms with van der Waals surface area (Å²) in [5, 5.41) is 3.07. The second-order valence-corrected chi connectivity index (χ2v) is 12.5. The zero-order valence-electron chi connectivity index (χ0n) is 20.4. The van der Waals surface area contributed by atoms with Crippen LogP contribution in [0.1, 0.15) is 19.4 Å². The molecule has 4 aromatic carbocycles. The molecule has 0 aromatic heterocycles. The number of benzene rings is 4. The quantitative estimate of drug-likeness (QED) is 0.178. The lowest BCUT2D eigenvalue weighted by Crippen LogP contribution is -2.35. The third-order valence-electron chi connectivity index (χ3n) is 6.28. The Kier molecular flexibility index (Phi) is 6.53. The molecular weight excluding hydrogens is 479 g/mol. The minimum absolute atomic E-state index is 0.763. The number of fused-ring (bicyclic) bond motifs is 4. The van der Waals surface area contributed by atoms with E-state index in [9.17, 15) is 0 Å². The molecule has 2 aliphatic heterocycles. The van der Waals surface area contributed by atoms with Crippen molar-refractivity contribution in [1.29, 1.82) is 0 Å². The monoisotopic (exact) mass is 506 g/mol. The van der Waals surface area contributed by atoms with Crippen LogP contribution in [0.4, 0.5) is 0 Å². The summed E-state index contributed by atoms with van der Waals surface area (Å²) in [6.45, 7) is 11.9. The van der Waals surface area contributed by atoms with Gasteiger partial charge in [-0.25, -0.2) is 0 Å². The largest absolute Gasteiger partial charge is 0.456 e. The number of hydrogen-bond donors (Lipinski definition) is 0. The number of ether oxygens (including phenoxy) is 2. The maximum absolute atomic E-state index is 6.70. The number of allylic oxidation sites excluding steroid dienone is 4. The number of para-hydroxylation sites is 1. The van der Waals surface area contributed by atoms with Crippen molar-refractivity contribution < 1.29 is 9.47 Å². The smallest absolute Gasteiger partial charge is 0.144 e. The van der Waals surface area contributed by atoms with E-state index in [0.29, 0.717) is 0 Å². The van der Waals surface area contributed by atoms with Crippen LogP contribution in [-0.4, -0.2) is 0 Å². The van der Waals surface area contributed by atoms with Gasteiger partial charge < -0.3 is 9.47 Å². The van der Waals surface area contributed by atoms with Gasteiger partial charge in [-0.05, 0) is 47.0 Å². The van der Waals surface area contributed by atoms with Crippen molar-refractivity contribution in [3.8, 4) is 34.1 Å². The van der Waals surface area contributed by atoms with E-state index in [4.69, 9.17) is 21.3 Å². The Hall–Kier alpha value is -3.65. The highest BCUT2D eigenvalue weighted by Gasteiger charge is 2.43. The molecule has 6 rings (SSSR count).